The topological polar surface area (TPSA) is 75.4 Å². The van der Waals surface area contributed by atoms with E-state index in [2.05, 4.69) is 10.3 Å². The summed E-state index contributed by atoms with van der Waals surface area (Å²) in [6, 6.07) is 6.83. The average molecular weight is 346 g/mol. The van der Waals surface area contributed by atoms with E-state index in [0.717, 1.165) is 11.6 Å². The summed E-state index contributed by atoms with van der Waals surface area (Å²) < 4.78 is 33.2. The number of aromatic nitrogens is 1. The summed E-state index contributed by atoms with van der Waals surface area (Å²) in [4.78, 5) is 15.3. The molecule has 1 unspecified atom stereocenters. The molecule has 0 amide bonds. The molecule has 0 saturated carbocycles. The summed E-state index contributed by atoms with van der Waals surface area (Å²) in [6.45, 7) is 3.49. The van der Waals surface area contributed by atoms with Crippen LogP contribution in [0.3, 0.4) is 0 Å². The highest BCUT2D eigenvalue weighted by Gasteiger charge is 2.21. The number of fused-ring (bicyclic) bond motifs is 1. The van der Waals surface area contributed by atoms with Crippen LogP contribution in [0, 0.1) is 18.6 Å². The first-order valence-corrected chi connectivity index (χ1v) is 7.75. The van der Waals surface area contributed by atoms with E-state index in [0.29, 0.717) is 17.7 Å². The van der Waals surface area contributed by atoms with Gasteiger partial charge in [0, 0.05) is 5.69 Å². The quantitative estimate of drug-likeness (QED) is 0.698. The van der Waals surface area contributed by atoms with Crippen molar-refractivity contribution >= 4 is 28.8 Å². The number of halogens is 2. The third-order valence-electron chi connectivity index (χ3n) is 4.02. The van der Waals surface area contributed by atoms with Crippen molar-refractivity contribution in [1.29, 1.82) is 0 Å². The molecule has 1 atom stereocenters. The van der Waals surface area contributed by atoms with Gasteiger partial charge in [0.2, 0.25) is 0 Å². The molecular formula is C18H16F2N2O3. The number of hydrogen-bond donors (Lipinski definition) is 2. The van der Waals surface area contributed by atoms with Crippen LogP contribution in [-0.4, -0.2) is 16.1 Å². The van der Waals surface area contributed by atoms with Crippen LogP contribution in [-0.2, 0) is 4.79 Å². The number of hydrogen-bond acceptors (Lipinski definition) is 4. The van der Waals surface area contributed by atoms with Gasteiger partial charge in [-0.1, -0.05) is 13.0 Å². The lowest BCUT2D eigenvalue weighted by atomic mass is 9.96. The summed E-state index contributed by atoms with van der Waals surface area (Å²) in [7, 11) is 0. The SMILES string of the molecule is CCC(C(=O)O)c1cc(F)c2nc(Nc3cc(F)ccc3C)oc2c1. The number of benzene rings is 2. The molecule has 1 aromatic heterocycles. The van der Waals surface area contributed by atoms with E-state index in [-0.39, 0.29) is 17.1 Å². The zero-order valence-corrected chi connectivity index (χ0v) is 13.6. The molecule has 0 radical (unpaired) electrons. The fourth-order valence-corrected chi connectivity index (χ4v) is 2.66. The molecule has 130 valence electrons. The van der Waals surface area contributed by atoms with E-state index in [1.807, 2.05) is 0 Å². The number of carboxylic acids is 1. The number of anilines is 2. The number of carboxylic acid groups (broad SMARTS) is 1. The normalized spacial score (nSPS) is 12.3. The van der Waals surface area contributed by atoms with Crippen LogP contribution in [0.25, 0.3) is 11.1 Å². The van der Waals surface area contributed by atoms with E-state index in [9.17, 15) is 18.7 Å². The fourth-order valence-electron chi connectivity index (χ4n) is 2.66. The summed E-state index contributed by atoms with van der Waals surface area (Å²) >= 11 is 0. The second-order valence-corrected chi connectivity index (χ2v) is 5.75. The maximum absolute atomic E-state index is 14.3. The van der Waals surface area contributed by atoms with Gasteiger partial charge in [-0.25, -0.2) is 8.78 Å². The number of carbonyl (C=O) groups is 1. The molecule has 3 aromatic rings. The first-order valence-electron chi connectivity index (χ1n) is 7.75. The van der Waals surface area contributed by atoms with E-state index < -0.39 is 23.5 Å². The predicted octanol–water partition coefficient (Wildman–Crippen LogP) is 4.74. The third kappa shape index (κ3) is 3.31. The van der Waals surface area contributed by atoms with Crippen LogP contribution >= 0.6 is 0 Å². The maximum atomic E-state index is 14.3. The molecule has 0 saturated heterocycles. The Bertz CT molecular complexity index is 953. The Kier molecular flexibility index (Phi) is 4.39. The molecular weight excluding hydrogens is 330 g/mol. The summed E-state index contributed by atoms with van der Waals surface area (Å²) in [6.07, 6.45) is 0.321. The van der Waals surface area contributed by atoms with Gasteiger partial charge >= 0.3 is 5.97 Å². The molecule has 5 nitrogen and oxygen atoms in total. The first-order chi connectivity index (χ1) is 11.9. The lowest BCUT2D eigenvalue weighted by Crippen LogP contribution is -2.10. The van der Waals surface area contributed by atoms with Crippen molar-refractivity contribution < 1.29 is 23.1 Å². The Morgan fingerprint density at radius 1 is 1.32 bits per heavy atom. The minimum atomic E-state index is -1.03. The second kappa shape index (κ2) is 6.51. The molecule has 0 fully saturated rings. The Labute approximate surface area is 142 Å². The molecule has 25 heavy (non-hydrogen) atoms. The van der Waals surface area contributed by atoms with Gasteiger partial charge in [0.25, 0.3) is 6.01 Å². The van der Waals surface area contributed by atoms with Gasteiger partial charge in [-0.15, -0.1) is 0 Å². The molecule has 0 aliphatic rings. The smallest absolute Gasteiger partial charge is 0.310 e. The highest BCUT2D eigenvalue weighted by molar-refractivity contribution is 5.81. The number of nitrogens with one attached hydrogen (secondary N) is 1. The van der Waals surface area contributed by atoms with Gasteiger partial charge in [-0.3, -0.25) is 4.79 Å². The van der Waals surface area contributed by atoms with Crippen LogP contribution in [0.1, 0.15) is 30.4 Å². The summed E-state index contributed by atoms with van der Waals surface area (Å²) in [5, 5.41) is 12.0. The molecule has 1 heterocycles. The van der Waals surface area contributed by atoms with Crippen molar-refractivity contribution in [3.8, 4) is 0 Å². The highest BCUT2D eigenvalue weighted by atomic mass is 19.1. The monoisotopic (exact) mass is 346 g/mol. The van der Waals surface area contributed by atoms with Gasteiger partial charge < -0.3 is 14.8 Å². The van der Waals surface area contributed by atoms with Crippen molar-refractivity contribution in [3.05, 3.63) is 53.1 Å². The Balaban J connectivity index is 2.01. The van der Waals surface area contributed by atoms with Gasteiger partial charge in [0.15, 0.2) is 11.4 Å². The Morgan fingerprint density at radius 2 is 2.08 bits per heavy atom. The Morgan fingerprint density at radius 3 is 2.76 bits per heavy atom. The minimum Gasteiger partial charge on any atom is -0.481 e. The molecule has 0 aliphatic carbocycles. The molecule has 0 bridgehead atoms. The van der Waals surface area contributed by atoms with Crippen LogP contribution in [0.4, 0.5) is 20.5 Å². The zero-order valence-electron chi connectivity index (χ0n) is 13.6. The predicted molar refractivity (Wildman–Crippen MR) is 89.1 cm³/mol. The molecule has 2 aromatic carbocycles. The minimum absolute atomic E-state index is 0.00289. The highest BCUT2D eigenvalue weighted by Crippen LogP contribution is 2.30. The van der Waals surface area contributed by atoms with Gasteiger partial charge in [0.05, 0.1) is 5.92 Å². The standard InChI is InChI=1S/C18H16F2N2O3/c1-3-12(17(23)24)10-6-13(20)16-15(7-10)25-18(22-16)21-14-8-11(19)5-4-9(14)2/h4-8,12H,3H2,1-2H3,(H,21,22)(H,23,24). The summed E-state index contributed by atoms with van der Waals surface area (Å²) in [5.74, 6) is -2.95. The van der Waals surface area contributed by atoms with E-state index in [1.54, 1.807) is 19.9 Å². The van der Waals surface area contributed by atoms with Crippen molar-refractivity contribution in [3.63, 3.8) is 0 Å². The number of aliphatic carboxylic acids is 1. The summed E-state index contributed by atoms with van der Waals surface area (Å²) in [5.41, 5.74) is 1.64. The van der Waals surface area contributed by atoms with Gasteiger partial charge in [-0.05, 0) is 48.7 Å². The maximum Gasteiger partial charge on any atom is 0.310 e. The van der Waals surface area contributed by atoms with E-state index >= 15 is 0 Å². The zero-order chi connectivity index (χ0) is 18.1. The molecule has 2 N–H and O–H groups in total. The van der Waals surface area contributed by atoms with Crippen molar-refractivity contribution in [2.24, 2.45) is 0 Å². The average Bonchev–Trinajstić information content (AvgIpc) is 2.94. The number of nitrogens with zero attached hydrogens (tertiary/aromatic N) is 1. The molecule has 0 aliphatic heterocycles. The second-order valence-electron chi connectivity index (χ2n) is 5.75. The number of aryl methyl sites for hydroxylation is 1. The first kappa shape index (κ1) is 16.9. The van der Waals surface area contributed by atoms with E-state index in [4.69, 9.17) is 4.42 Å². The van der Waals surface area contributed by atoms with Crippen molar-refractivity contribution in [2.45, 2.75) is 26.2 Å². The van der Waals surface area contributed by atoms with Crippen molar-refractivity contribution in [2.75, 3.05) is 5.32 Å². The lowest BCUT2D eigenvalue weighted by molar-refractivity contribution is -0.138. The molecule has 3 rings (SSSR count). The third-order valence-corrected chi connectivity index (χ3v) is 4.02. The molecule has 0 spiro atoms. The lowest BCUT2D eigenvalue weighted by Gasteiger charge is -2.09. The van der Waals surface area contributed by atoms with Crippen LogP contribution < -0.4 is 5.32 Å². The van der Waals surface area contributed by atoms with Crippen LogP contribution in [0.5, 0.6) is 0 Å². The van der Waals surface area contributed by atoms with Crippen LogP contribution in [0.2, 0.25) is 0 Å². The fraction of sp³-hybridized carbons (Fsp3) is 0.222. The largest absolute Gasteiger partial charge is 0.481 e. The Hall–Kier alpha value is -2.96. The van der Waals surface area contributed by atoms with Crippen molar-refractivity contribution in [1.82, 2.24) is 4.98 Å². The van der Waals surface area contributed by atoms with Crippen LogP contribution in [0.15, 0.2) is 34.7 Å². The van der Waals surface area contributed by atoms with Gasteiger partial charge in [-0.2, -0.15) is 4.98 Å². The van der Waals surface area contributed by atoms with Gasteiger partial charge in [0.1, 0.15) is 11.3 Å². The molecule has 7 heteroatoms. The number of rotatable bonds is 5. The van der Waals surface area contributed by atoms with E-state index in [1.165, 1.54) is 18.2 Å². The number of oxazole rings is 1.